The molecule has 0 aliphatic rings. The smallest absolute Gasteiger partial charge is 0.374 e. The number of benzene rings is 2. The van der Waals surface area contributed by atoms with Crippen molar-refractivity contribution in [2.75, 3.05) is 6.61 Å². The summed E-state index contributed by atoms with van der Waals surface area (Å²) in [6, 6.07) is 16.2. The van der Waals surface area contributed by atoms with Crippen LogP contribution in [0.1, 0.15) is 34.2 Å². The fraction of sp³-hybridized carbons (Fsp3) is 0.211. The lowest BCUT2D eigenvalue weighted by Crippen LogP contribution is -2.04. The molecule has 0 N–H and O–H groups in total. The summed E-state index contributed by atoms with van der Waals surface area (Å²) in [7, 11) is 0. The molecule has 0 aliphatic heterocycles. The minimum absolute atomic E-state index is 0.303. The average Bonchev–Trinajstić information content (AvgIpc) is 2.87. The molecule has 112 valence electrons. The van der Waals surface area contributed by atoms with Crippen molar-refractivity contribution in [2.45, 2.75) is 20.3 Å². The monoisotopic (exact) mass is 294 g/mol. The van der Waals surface area contributed by atoms with E-state index in [0.717, 1.165) is 28.5 Å². The van der Waals surface area contributed by atoms with Gasteiger partial charge in [0, 0.05) is 17.4 Å². The van der Waals surface area contributed by atoms with Crippen LogP contribution in [0, 0.1) is 6.92 Å². The summed E-state index contributed by atoms with van der Waals surface area (Å²) in [5, 5.41) is 0.969. The van der Waals surface area contributed by atoms with Crippen molar-refractivity contribution in [3.63, 3.8) is 0 Å². The van der Waals surface area contributed by atoms with E-state index in [1.165, 1.54) is 5.56 Å². The molecule has 0 fully saturated rings. The van der Waals surface area contributed by atoms with Crippen LogP contribution in [0.4, 0.5) is 0 Å². The van der Waals surface area contributed by atoms with Gasteiger partial charge < -0.3 is 9.15 Å². The molecular formula is C19H18O3. The van der Waals surface area contributed by atoms with E-state index in [2.05, 4.69) is 12.1 Å². The molecule has 2 aromatic carbocycles. The van der Waals surface area contributed by atoms with E-state index in [9.17, 15) is 4.79 Å². The molecule has 0 radical (unpaired) electrons. The minimum atomic E-state index is -0.401. The summed E-state index contributed by atoms with van der Waals surface area (Å²) in [4.78, 5) is 12.0. The first-order chi connectivity index (χ1) is 10.7. The van der Waals surface area contributed by atoms with Gasteiger partial charge in [-0.25, -0.2) is 4.79 Å². The fourth-order valence-electron chi connectivity index (χ4n) is 2.65. The number of hydrogen-bond acceptors (Lipinski definition) is 3. The number of furan rings is 1. The van der Waals surface area contributed by atoms with Crippen LogP contribution in [0.25, 0.3) is 11.0 Å². The standard InChI is InChI=1S/C19H18O3/c1-3-21-19(20)17-13(2)16-11-7-10-15(18(16)22-17)12-14-8-5-4-6-9-14/h4-11H,3,12H2,1-2H3. The Hall–Kier alpha value is -2.55. The molecule has 0 unspecified atom stereocenters. The molecule has 0 saturated carbocycles. The maximum absolute atomic E-state index is 12.0. The van der Waals surface area contributed by atoms with Crippen LogP contribution in [0.15, 0.2) is 52.9 Å². The number of hydrogen-bond donors (Lipinski definition) is 0. The molecule has 0 saturated heterocycles. The van der Waals surface area contributed by atoms with Gasteiger partial charge in [0.05, 0.1) is 6.61 Å². The summed E-state index contributed by atoms with van der Waals surface area (Å²) in [5.74, 6) is -0.0979. The number of carbonyl (C=O) groups excluding carboxylic acids is 1. The lowest BCUT2D eigenvalue weighted by molar-refractivity contribution is 0.0491. The first-order valence-corrected chi connectivity index (χ1v) is 7.42. The third kappa shape index (κ3) is 2.62. The van der Waals surface area contributed by atoms with Crippen LogP contribution >= 0.6 is 0 Å². The van der Waals surface area contributed by atoms with Gasteiger partial charge in [0.1, 0.15) is 5.58 Å². The highest BCUT2D eigenvalue weighted by molar-refractivity contribution is 5.96. The summed E-state index contributed by atoms with van der Waals surface area (Å²) >= 11 is 0. The lowest BCUT2D eigenvalue weighted by atomic mass is 10.0. The van der Waals surface area contributed by atoms with Crippen molar-refractivity contribution < 1.29 is 13.9 Å². The number of aryl methyl sites for hydroxylation is 1. The van der Waals surface area contributed by atoms with Crippen molar-refractivity contribution in [1.82, 2.24) is 0 Å². The van der Waals surface area contributed by atoms with Crippen LogP contribution in [0.2, 0.25) is 0 Å². The van der Waals surface area contributed by atoms with E-state index in [1.54, 1.807) is 6.92 Å². The topological polar surface area (TPSA) is 39.4 Å². The molecule has 1 heterocycles. The molecule has 3 aromatic rings. The van der Waals surface area contributed by atoms with E-state index in [-0.39, 0.29) is 0 Å². The fourth-order valence-corrected chi connectivity index (χ4v) is 2.65. The van der Waals surface area contributed by atoms with E-state index < -0.39 is 5.97 Å². The Balaban J connectivity index is 2.05. The van der Waals surface area contributed by atoms with Gasteiger partial charge >= 0.3 is 5.97 Å². The predicted octanol–water partition coefficient (Wildman–Crippen LogP) is 4.51. The number of fused-ring (bicyclic) bond motifs is 1. The summed E-state index contributed by atoms with van der Waals surface area (Å²) in [6.45, 7) is 4.02. The zero-order chi connectivity index (χ0) is 15.5. The first-order valence-electron chi connectivity index (χ1n) is 7.42. The zero-order valence-corrected chi connectivity index (χ0v) is 12.8. The number of ether oxygens (including phenoxy) is 1. The van der Waals surface area contributed by atoms with Gasteiger partial charge in [-0.15, -0.1) is 0 Å². The van der Waals surface area contributed by atoms with Crippen LogP contribution < -0.4 is 0 Å². The third-order valence-electron chi connectivity index (χ3n) is 3.74. The van der Waals surface area contributed by atoms with E-state index >= 15 is 0 Å². The largest absolute Gasteiger partial charge is 0.460 e. The number of rotatable bonds is 4. The molecule has 0 spiro atoms. The maximum atomic E-state index is 12.0. The average molecular weight is 294 g/mol. The van der Waals surface area contributed by atoms with Crippen molar-refractivity contribution >= 4 is 16.9 Å². The Morgan fingerprint density at radius 2 is 1.86 bits per heavy atom. The van der Waals surface area contributed by atoms with Gasteiger partial charge in [-0.05, 0) is 25.0 Å². The van der Waals surface area contributed by atoms with Crippen LogP contribution in [0.5, 0.6) is 0 Å². The van der Waals surface area contributed by atoms with E-state index in [4.69, 9.17) is 9.15 Å². The SMILES string of the molecule is CCOC(=O)c1oc2c(Cc3ccccc3)cccc2c1C. The van der Waals surface area contributed by atoms with Gasteiger partial charge in [-0.2, -0.15) is 0 Å². The van der Waals surface area contributed by atoms with Crippen molar-refractivity contribution in [2.24, 2.45) is 0 Å². The Morgan fingerprint density at radius 1 is 1.09 bits per heavy atom. The molecular weight excluding hydrogens is 276 g/mol. The van der Waals surface area contributed by atoms with E-state index in [0.29, 0.717) is 12.4 Å². The Labute approximate surface area is 129 Å². The third-order valence-corrected chi connectivity index (χ3v) is 3.74. The molecule has 0 amide bonds. The van der Waals surface area contributed by atoms with Gasteiger partial charge in [-0.1, -0.05) is 48.5 Å². The molecule has 0 bridgehead atoms. The molecule has 22 heavy (non-hydrogen) atoms. The Bertz CT molecular complexity index is 800. The number of carbonyl (C=O) groups is 1. The second-order valence-corrected chi connectivity index (χ2v) is 5.23. The molecule has 3 rings (SSSR count). The molecule has 1 aromatic heterocycles. The van der Waals surface area contributed by atoms with Crippen molar-refractivity contribution in [3.05, 3.63) is 71.0 Å². The quantitative estimate of drug-likeness (QED) is 0.665. The van der Waals surface area contributed by atoms with Gasteiger partial charge in [0.25, 0.3) is 0 Å². The normalized spacial score (nSPS) is 10.8. The van der Waals surface area contributed by atoms with Gasteiger partial charge in [0.15, 0.2) is 0 Å². The van der Waals surface area contributed by atoms with Crippen molar-refractivity contribution in [1.29, 1.82) is 0 Å². The predicted molar refractivity (Wildman–Crippen MR) is 86.2 cm³/mol. The highest BCUT2D eigenvalue weighted by Gasteiger charge is 2.20. The van der Waals surface area contributed by atoms with Crippen LogP contribution in [-0.4, -0.2) is 12.6 Å². The van der Waals surface area contributed by atoms with Crippen LogP contribution in [0.3, 0.4) is 0 Å². The maximum Gasteiger partial charge on any atom is 0.374 e. The Kier molecular flexibility index (Phi) is 3.96. The van der Waals surface area contributed by atoms with Crippen LogP contribution in [-0.2, 0) is 11.2 Å². The minimum Gasteiger partial charge on any atom is -0.460 e. The lowest BCUT2D eigenvalue weighted by Gasteiger charge is -2.02. The van der Waals surface area contributed by atoms with Crippen molar-refractivity contribution in [3.8, 4) is 0 Å². The second-order valence-electron chi connectivity index (χ2n) is 5.23. The molecule has 0 aliphatic carbocycles. The Morgan fingerprint density at radius 3 is 2.59 bits per heavy atom. The van der Waals surface area contributed by atoms with E-state index in [1.807, 2.05) is 43.3 Å². The summed E-state index contributed by atoms with van der Waals surface area (Å²) in [6.07, 6.45) is 0.771. The summed E-state index contributed by atoms with van der Waals surface area (Å²) < 4.78 is 10.9. The first kappa shape index (κ1) is 14.4. The number of para-hydroxylation sites is 1. The summed E-state index contributed by atoms with van der Waals surface area (Å²) in [5.41, 5.74) is 3.89. The highest BCUT2D eigenvalue weighted by Crippen LogP contribution is 2.29. The zero-order valence-electron chi connectivity index (χ0n) is 12.8. The van der Waals surface area contributed by atoms with Gasteiger partial charge in [0.2, 0.25) is 5.76 Å². The van der Waals surface area contributed by atoms with Gasteiger partial charge in [-0.3, -0.25) is 0 Å². The molecule has 0 atom stereocenters. The number of esters is 1. The second kappa shape index (κ2) is 6.06. The molecule has 3 nitrogen and oxygen atoms in total. The highest BCUT2D eigenvalue weighted by atomic mass is 16.5. The molecule has 3 heteroatoms.